The van der Waals surface area contributed by atoms with Crippen molar-refractivity contribution in [2.45, 2.75) is 4.90 Å². The Bertz CT molecular complexity index is 748. The average Bonchev–Trinajstić information content (AvgIpc) is 2.53. The highest BCUT2D eigenvalue weighted by atomic mass is 79.9. The molecule has 0 unspecified atom stereocenters. The first kappa shape index (κ1) is 15.1. The number of ketones is 1. The van der Waals surface area contributed by atoms with E-state index in [2.05, 4.69) is 21.2 Å². The highest BCUT2D eigenvalue weighted by molar-refractivity contribution is 9.10. The molecule has 1 amide bonds. The molecule has 3 rings (SSSR count). The number of amides is 1. The summed E-state index contributed by atoms with van der Waals surface area (Å²) in [7, 11) is 0. The fraction of sp³-hybridized carbons (Fsp3) is 0.125. The molecule has 4 nitrogen and oxygen atoms in total. The topological polar surface area (TPSA) is 55.4 Å². The highest BCUT2D eigenvalue weighted by Crippen LogP contribution is 2.30. The van der Waals surface area contributed by atoms with Crippen LogP contribution < -0.4 is 10.1 Å². The van der Waals surface area contributed by atoms with Gasteiger partial charge in [0.1, 0.15) is 5.75 Å². The van der Waals surface area contributed by atoms with Crippen molar-refractivity contribution in [1.82, 2.24) is 0 Å². The number of anilines is 1. The van der Waals surface area contributed by atoms with Gasteiger partial charge in [-0.3, -0.25) is 9.59 Å². The van der Waals surface area contributed by atoms with Gasteiger partial charge in [-0.15, -0.1) is 11.8 Å². The Balaban J connectivity index is 1.72. The number of halogens is 1. The van der Waals surface area contributed by atoms with E-state index in [4.69, 9.17) is 4.74 Å². The second-order valence-electron chi connectivity index (χ2n) is 4.69. The molecule has 1 N–H and O–H groups in total. The first-order valence-electron chi connectivity index (χ1n) is 6.61. The Morgan fingerprint density at radius 2 is 2.09 bits per heavy atom. The number of ether oxygens (including phenoxy) is 1. The number of fused-ring (bicyclic) bond motifs is 1. The number of hydrogen-bond acceptors (Lipinski definition) is 4. The third kappa shape index (κ3) is 3.34. The number of Topliss-reactive ketones (excluding diaryl/α,β-unsaturated/α-hetero) is 1. The molecule has 0 aliphatic carbocycles. The van der Waals surface area contributed by atoms with E-state index < -0.39 is 0 Å². The summed E-state index contributed by atoms with van der Waals surface area (Å²) in [6, 6.07) is 12.9. The maximum absolute atomic E-state index is 12.3. The van der Waals surface area contributed by atoms with Gasteiger partial charge in [0.2, 0.25) is 0 Å². The number of benzene rings is 2. The van der Waals surface area contributed by atoms with Crippen LogP contribution in [-0.4, -0.2) is 24.1 Å². The summed E-state index contributed by atoms with van der Waals surface area (Å²) in [5.74, 6) is 0.716. The van der Waals surface area contributed by atoms with E-state index in [1.54, 1.807) is 18.2 Å². The lowest BCUT2D eigenvalue weighted by atomic mass is 10.1. The molecule has 0 spiro atoms. The standard InChI is InChI=1S/C16H12BrNO3S/c17-11-3-1-2-4-15(11)22-9-13(19)10-5-6-14-12(7-10)18-16(20)8-21-14/h1-7H,8-9H2,(H,18,20). The Morgan fingerprint density at radius 1 is 1.27 bits per heavy atom. The zero-order chi connectivity index (χ0) is 15.5. The zero-order valence-electron chi connectivity index (χ0n) is 11.5. The van der Waals surface area contributed by atoms with Crippen molar-refractivity contribution in [2.75, 3.05) is 17.7 Å². The molecule has 1 aliphatic rings. The van der Waals surface area contributed by atoms with E-state index in [1.807, 2.05) is 24.3 Å². The van der Waals surface area contributed by atoms with Gasteiger partial charge in [0.15, 0.2) is 12.4 Å². The first-order chi connectivity index (χ1) is 10.6. The van der Waals surface area contributed by atoms with Crippen LogP contribution in [-0.2, 0) is 4.79 Å². The summed E-state index contributed by atoms with van der Waals surface area (Å²) in [4.78, 5) is 24.7. The van der Waals surface area contributed by atoms with Gasteiger partial charge in [-0.2, -0.15) is 0 Å². The molecule has 112 valence electrons. The Labute approximate surface area is 140 Å². The number of thioether (sulfide) groups is 1. The molecule has 0 atom stereocenters. The lowest BCUT2D eigenvalue weighted by Crippen LogP contribution is -2.25. The van der Waals surface area contributed by atoms with Crippen LogP contribution in [0.15, 0.2) is 51.8 Å². The third-order valence-corrected chi connectivity index (χ3v) is 5.16. The van der Waals surface area contributed by atoms with Crippen molar-refractivity contribution in [2.24, 2.45) is 0 Å². The van der Waals surface area contributed by atoms with E-state index >= 15 is 0 Å². The van der Waals surface area contributed by atoms with E-state index in [0.717, 1.165) is 9.37 Å². The van der Waals surface area contributed by atoms with Crippen molar-refractivity contribution in [1.29, 1.82) is 0 Å². The third-order valence-electron chi connectivity index (χ3n) is 3.13. The van der Waals surface area contributed by atoms with Crippen molar-refractivity contribution in [3.05, 3.63) is 52.5 Å². The highest BCUT2D eigenvalue weighted by Gasteiger charge is 2.18. The monoisotopic (exact) mass is 377 g/mol. The molecule has 0 fully saturated rings. The van der Waals surface area contributed by atoms with Crippen LogP contribution in [0.3, 0.4) is 0 Å². The quantitative estimate of drug-likeness (QED) is 0.650. The molecule has 0 aromatic heterocycles. The number of nitrogens with one attached hydrogen (secondary N) is 1. The van der Waals surface area contributed by atoms with Crippen molar-refractivity contribution in [3.63, 3.8) is 0 Å². The summed E-state index contributed by atoms with van der Waals surface area (Å²) in [5.41, 5.74) is 1.11. The predicted octanol–water partition coefficient (Wildman–Crippen LogP) is 3.76. The smallest absolute Gasteiger partial charge is 0.262 e. The van der Waals surface area contributed by atoms with Crippen molar-refractivity contribution in [3.8, 4) is 5.75 Å². The van der Waals surface area contributed by atoms with Gasteiger partial charge < -0.3 is 10.1 Å². The van der Waals surface area contributed by atoms with Gasteiger partial charge in [0.05, 0.1) is 11.4 Å². The van der Waals surface area contributed by atoms with Gasteiger partial charge in [-0.1, -0.05) is 12.1 Å². The normalized spacial score (nSPS) is 13.0. The molecule has 6 heteroatoms. The van der Waals surface area contributed by atoms with Crippen LogP contribution >= 0.6 is 27.7 Å². The summed E-state index contributed by atoms with van der Waals surface area (Å²) < 4.78 is 6.25. The predicted molar refractivity (Wildman–Crippen MR) is 89.8 cm³/mol. The van der Waals surface area contributed by atoms with E-state index in [9.17, 15) is 9.59 Å². The van der Waals surface area contributed by atoms with Gasteiger partial charge in [0.25, 0.3) is 5.91 Å². The molecule has 0 radical (unpaired) electrons. The van der Waals surface area contributed by atoms with Crippen LogP contribution in [0.1, 0.15) is 10.4 Å². The molecule has 0 bridgehead atoms. The van der Waals surface area contributed by atoms with Crippen LogP contribution in [0.4, 0.5) is 5.69 Å². The minimum absolute atomic E-state index is 0.00313. The zero-order valence-corrected chi connectivity index (χ0v) is 13.9. The molecular formula is C16H12BrNO3S. The molecule has 2 aromatic rings. The SMILES string of the molecule is O=C1COc2ccc(C(=O)CSc3ccccc3Br)cc2N1. The van der Waals surface area contributed by atoms with Crippen LogP contribution in [0.25, 0.3) is 0 Å². The fourth-order valence-electron chi connectivity index (χ4n) is 2.04. The Morgan fingerprint density at radius 3 is 2.91 bits per heavy atom. The Kier molecular flexibility index (Phi) is 4.49. The molecule has 0 saturated carbocycles. The summed E-state index contributed by atoms with van der Waals surface area (Å²) >= 11 is 4.94. The van der Waals surface area contributed by atoms with Crippen molar-refractivity contribution >= 4 is 45.1 Å². The summed E-state index contributed by atoms with van der Waals surface area (Å²) in [6.45, 7) is 0.0121. The van der Waals surface area contributed by atoms with Crippen LogP contribution in [0.2, 0.25) is 0 Å². The fourth-order valence-corrected chi connectivity index (χ4v) is 3.51. The van der Waals surface area contributed by atoms with Crippen LogP contribution in [0, 0.1) is 0 Å². The average molecular weight is 378 g/mol. The van der Waals surface area contributed by atoms with Gasteiger partial charge in [-0.05, 0) is 46.3 Å². The van der Waals surface area contributed by atoms with Gasteiger partial charge >= 0.3 is 0 Å². The Hall–Kier alpha value is -1.79. The van der Waals surface area contributed by atoms with E-state index in [1.165, 1.54) is 11.8 Å². The maximum atomic E-state index is 12.3. The number of carbonyl (C=O) groups excluding carboxylic acids is 2. The largest absolute Gasteiger partial charge is 0.482 e. The number of carbonyl (C=O) groups is 2. The molecular weight excluding hydrogens is 366 g/mol. The summed E-state index contributed by atoms with van der Waals surface area (Å²) in [5, 5.41) is 2.71. The molecule has 1 heterocycles. The molecule has 22 heavy (non-hydrogen) atoms. The molecule has 1 aliphatic heterocycles. The van der Waals surface area contributed by atoms with Crippen molar-refractivity contribution < 1.29 is 14.3 Å². The number of rotatable bonds is 4. The van der Waals surface area contributed by atoms with E-state index in [-0.39, 0.29) is 18.3 Å². The second-order valence-corrected chi connectivity index (χ2v) is 6.56. The minimum atomic E-state index is -0.209. The lowest BCUT2D eigenvalue weighted by molar-refractivity contribution is -0.118. The van der Waals surface area contributed by atoms with Gasteiger partial charge in [0, 0.05) is 14.9 Å². The number of hydrogen-bond donors (Lipinski definition) is 1. The molecule has 2 aromatic carbocycles. The summed E-state index contributed by atoms with van der Waals surface area (Å²) in [6.07, 6.45) is 0. The minimum Gasteiger partial charge on any atom is -0.482 e. The second kappa shape index (κ2) is 6.54. The maximum Gasteiger partial charge on any atom is 0.262 e. The van der Waals surface area contributed by atoms with E-state index in [0.29, 0.717) is 22.8 Å². The first-order valence-corrected chi connectivity index (χ1v) is 8.38. The lowest BCUT2D eigenvalue weighted by Gasteiger charge is -2.18. The molecule has 0 saturated heterocycles. The van der Waals surface area contributed by atoms with Gasteiger partial charge in [-0.25, -0.2) is 0 Å². The van der Waals surface area contributed by atoms with Crippen LogP contribution in [0.5, 0.6) is 5.75 Å².